The molecular weight excluding hydrogens is 729 g/mol. The van der Waals surface area contributed by atoms with Crippen molar-refractivity contribution in [3.63, 3.8) is 0 Å². The first-order chi connectivity index (χ1) is 35.4. The van der Waals surface area contributed by atoms with Gasteiger partial charge in [-0.15, -0.1) is 11.3 Å². The molecule has 6 nitrogen and oxygen atoms in total. The first-order valence-corrected chi connectivity index (χ1v) is 19.0. The summed E-state index contributed by atoms with van der Waals surface area (Å²) in [7, 11) is 0. The average Bonchev–Trinajstić information content (AvgIpc) is 4.24. The SMILES string of the molecule is [2H]c1c([2H])c([2H])c2c(c1[2H])c1c([2H])c([2H])c([2H])c([2H])c1n2-c1nc(-c2ccccc2-n2c3ccccc3c3ccc4sc5ccccc5c4c32)nc(-n2c3c([2H])c([2H])c([2H])c([2H])c3c3c([2H])c([2H])c([2H])c([2H])c32)n1. The van der Waals surface area contributed by atoms with Crippen LogP contribution in [0.2, 0.25) is 0 Å². The molecule has 5 heterocycles. The number of hydrogen-bond acceptors (Lipinski definition) is 4. The van der Waals surface area contributed by atoms with E-state index in [9.17, 15) is 5.48 Å². The largest absolute Gasteiger partial charge is 0.308 e. The van der Waals surface area contributed by atoms with E-state index in [1.807, 2.05) is 48.5 Å². The van der Waals surface area contributed by atoms with Gasteiger partial charge < -0.3 is 4.57 Å². The lowest BCUT2D eigenvalue weighted by Crippen LogP contribution is -2.11. The summed E-state index contributed by atoms with van der Waals surface area (Å²) in [5, 5.41) is 2.80. The Kier molecular flexibility index (Phi) is 4.12. The topological polar surface area (TPSA) is 53.5 Å². The van der Waals surface area contributed by atoms with Crippen LogP contribution in [0.3, 0.4) is 0 Å². The second-order valence-electron chi connectivity index (χ2n) is 13.6. The molecule has 0 aliphatic rings. The minimum atomic E-state index is -0.699. The normalized spacial score (nSPS) is 16.0. The molecule has 0 unspecified atom stereocenters. The zero-order valence-electron chi connectivity index (χ0n) is 45.7. The van der Waals surface area contributed by atoms with Gasteiger partial charge in [0.25, 0.3) is 0 Å². The van der Waals surface area contributed by atoms with E-state index in [1.54, 1.807) is 23.5 Å². The molecule has 0 saturated carbocycles. The molecule has 0 saturated heterocycles. The van der Waals surface area contributed by atoms with Gasteiger partial charge in [-0.2, -0.15) is 15.0 Å². The van der Waals surface area contributed by atoms with Gasteiger partial charge in [0.1, 0.15) is 0 Å². The molecule has 5 aromatic heterocycles. The standard InChI is InChI=1S/C51H30N6S/c1-9-23-40-31(15-1)32-16-2-10-24-41(32)56(40)50-52-49(53-51(54-50)57-42-25-11-3-17-33(42)34-18-4-12-26-43(34)57)37-20-6-13-27-44(37)55-39-22-8-5-19-35(39)36-29-30-46-47(48(36)55)38-21-7-14-28-45(38)58-46/h1-30H/i1D,2D,3D,4D,9D,10D,11D,12D,15D,16D,17D,18D,23D,24D,25D,26D. The molecular formula is C51H30N6S. The summed E-state index contributed by atoms with van der Waals surface area (Å²) in [4.78, 5) is 15.0. The fourth-order valence-electron chi connectivity index (χ4n) is 8.29. The van der Waals surface area contributed by atoms with E-state index in [4.69, 9.17) is 31.4 Å². The smallest absolute Gasteiger partial charge is 0.240 e. The van der Waals surface area contributed by atoms with Gasteiger partial charge in [0.2, 0.25) is 11.9 Å². The van der Waals surface area contributed by atoms with Crippen molar-refractivity contribution in [2.75, 3.05) is 0 Å². The van der Waals surface area contributed by atoms with E-state index in [2.05, 4.69) is 28.8 Å². The van der Waals surface area contributed by atoms with E-state index in [-0.39, 0.29) is 49.4 Å². The Hall–Kier alpha value is -7.61. The number of hydrogen-bond donors (Lipinski definition) is 0. The lowest BCUT2D eigenvalue weighted by atomic mass is 10.1. The number of fused-ring (bicyclic) bond motifs is 13. The molecule has 0 atom stereocenters. The average molecular weight is 775 g/mol. The highest BCUT2D eigenvalue weighted by atomic mass is 32.1. The maximum absolute atomic E-state index is 9.33. The molecule has 58 heavy (non-hydrogen) atoms. The maximum Gasteiger partial charge on any atom is 0.240 e. The Morgan fingerprint density at radius 3 is 1.53 bits per heavy atom. The number of aromatic nitrogens is 6. The molecule has 13 rings (SSSR count). The first-order valence-electron chi connectivity index (χ1n) is 26.2. The van der Waals surface area contributed by atoms with Crippen LogP contribution < -0.4 is 0 Å². The monoisotopic (exact) mass is 774 g/mol. The molecule has 0 radical (unpaired) electrons. The second-order valence-corrected chi connectivity index (χ2v) is 14.7. The Balaban J connectivity index is 1.26. The van der Waals surface area contributed by atoms with Crippen molar-refractivity contribution in [1.29, 1.82) is 0 Å². The zero-order chi connectivity index (χ0) is 51.8. The first kappa shape index (κ1) is 20.0. The Morgan fingerprint density at radius 2 is 0.914 bits per heavy atom. The molecule has 0 amide bonds. The van der Waals surface area contributed by atoms with Gasteiger partial charge in [-0.25, -0.2) is 0 Å². The third-order valence-corrected chi connectivity index (χ3v) is 11.8. The minimum absolute atomic E-state index is 0.151. The highest BCUT2D eigenvalue weighted by molar-refractivity contribution is 7.26. The molecule has 0 fully saturated rings. The van der Waals surface area contributed by atoms with E-state index >= 15 is 0 Å². The van der Waals surface area contributed by atoms with Gasteiger partial charge in [0.05, 0.1) is 60.7 Å². The van der Waals surface area contributed by atoms with Crippen LogP contribution >= 0.6 is 11.3 Å². The van der Waals surface area contributed by atoms with E-state index in [0.29, 0.717) is 11.3 Å². The number of nitrogens with zero attached hydrogens (tertiary/aromatic N) is 6. The summed E-state index contributed by atoms with van der Waals surface area (Å²) in [6.07, 6.45) is 0. The lowest BCUT2D eigenvalue weighted by Gasteiger charge is -2.16. The molecule has 8 aromatic carbocycles. The Bertz CT molecular complexity index is 4430. The summed E-state index contributed by atoms with van der Waals surface area (Å²) in [6, 6.07) is 16.8. The van der Waals surface area contributed by atoms with Gasteiger partial charge in [-0.1, -0.05) is 127 Å². The predicted molar refractivity (Wildman–Crippen MR) is 241 cm³/mol. The van der Waals surface area contributed by atoms with Gasteiger partial charge in [0.15, 0.2) is 5.82 Å². The summed E-state index contributed by atoms with van der Waals surface area (Å²) in [6.45, 7) is 0. The van der Waals surface area contributed by atoms with Gasteiger partial charge in [-0.3, -0.25) is 9.13 Å². The van der Waals surface area contributed by atoms with Crippen molar-refractivity contribution in [3.05, 3.63) is 182 Å². The second kappa shape index (κ2) is 11.9. The Morgan fingerprint density at radius 1 is 0.397 bits per heavy atom. The summed E-state index contributed by atoms with van der Waals surface area (Å²) < 4.78 is 150. The van der Waals surface area contributed by atoms with Crippen LogP contribution in [0, 0.1) is 0 Å². The maximum atomic E-state index is 9.33. The highest BCUT2D eigenvalue weighted by Crippen LogP contribution is 2.44. The van der Waals surface area contributed by atoms with Crippen LogP contribution in [-0.2, 0) is 0 Å². The van der Waals surface area contributed by atoms with E-state index < -0.39 is 109 Å². The fourth-order valence-corrected chi connectivity index (χ4v) is 9.40. The number of rotatable bonds is 4. The van der Waals surface area contributed by atoms with Gasteiger partial charge in [-0.05, 0) is 54.5 Å². The predicted octanol–water partition coefficient (Wildman–Crippen LogP) is 13.2. The van der Waals surface area contributed by atoms with Crippen LogP contribution in [0.5, 0.6) is 0 Å². The van der Waals surface area contributed by atoms with Crippen LogP contribution in [0.4, 0.5) is 0 Å². The zero-order valence-corrected chi connectivity index (χ0v) is 30.5. The third-order valence-electron chi connectivity index (χ3n) is 10.6. The molecule has 7 heteroatoms. The van der Waals surface area contributed by atoms with Crippen molar-refractivity contribution in [3.8, 4) is 29.0 Å². The fraction of sp³-hybridized carbons (Fsp3) is 0. The van der Waals surface area contributed by atoms with Crippen LogP contribution in [0.1, 0.15) is 21.9 Å². The van der Waals surface area contributed by atoms with Crippen molar-refractivity contribution in [2.45, 2.75) is 0 Å². The lowest BCUT2D eigenvalue weighted by molar-refractivity contribution is 0.892. The number of para-hydroxylation sites is 6. The summed E-state index contributed by atoms with van der Waals surface area (Å²) in [5.74, 6) is -1.10. The quantitative estimate of drug-likeness (QED) is 0.179. The summed E-state index contributed by atoms with van der Waals surface area (Å²) >= 11 is 1.64. The molecule has 0 aliphatic heterocycles. The van der Waals surface area contributed by atoms with Crippen molar-refractivity contribution < 1.29 is 21.9 Å². The van der Waals surface area contributed by atoms with Crippen molar-refractivity contribution in [2.24, 2.45) is 0 Å². The van der Waals surface area contributed by atoms with Crippen LogP contribution in [-0.4, -0.2) is 28.7 Å². The molecule has 0 N–H and O–H groups in total. The van der Waals surface area contributed by atoms with Gasteiger partial charge in [0, 0.05) is 58.1 Å². The Labute approximate surface area is 357 Å². The van der Waals surface area contributed by atoms with Crippen LogP contribution in [0.25, 0.3) is 115 Å². The van der Waals surface area contributed by atoms with E-state index in [0.717, 1.165) is 51.1 Å². The van der Waals surface area contributed by atoms with Crippen molar-refractivity contribution >= 4 is 96.9 Å². The van der Waals surface area contributed by atoms with E-state index in [1.165, 1.54) is 0 Å². The molecule has 13 aromatic rings. The van der Waals surface area contributed by atoms with Crippen LogP contribution in [0.15, 0.2) is 182 Å². The molecule has 270 valence electrons. The highest BCUT2D eigenvalue weighted by Gasteiger charge is 2.24. The molecule has 0 aliphatic carbocycles. The third kappa shape index (κ3) is 4.33. The number of thiophene rings is 1. The summed E-state index contributed by atoms with van der Waals surface area (Å²) in [5.41, 5.74) is 1.21. The number of benzene rings is 8. The minimum Gasteiger partial charge on any atom is -0.308 e. The van der Waals surface area contributed by atoms with Gasteiger partial charge >= 0.3 is 0 Å². The van der Waals surface area contributed by atoms with Crippen molar-refractivity contribution in [1.82, 2.24) is 28.7 Å². The molecule has 0 bridgehead atoms. The molecule has 0 spiro atoms.